The number of carbonyl (C=O) groups excluding carboxylic acids is 1. The van der Waals surface area contributed by atoms with Crippen molar-refractivity contribution in [2.24, 2.45) is 0 Å². The molecule has 1 aromatic rings. The van der Waals surface area contributed by atoms with Gasteiger partial charge in [0.1, 0.15) is 0 Å². The van der Waals surface area contributed by atoms with Crippen LogP contribution >= 0.6 is 11.8 Å². The summed E-state index contributed by atoms with van der Waals surface area (Å²) in [7, 11) is 0. The van der Waals surface area contributed by atoms with Gasteiger partial charge in [-0.3, -0.25) is 4.79 Å². The standard InChI is InChI=1S/C11H10F3NOS/c12-11(13,14)10(16)15-8-5-6-17-9-4-2-1-3-7(8)9/h1-4,8H,5-6H2,(H,15,16). The van der Waals surface area contributed by atoms with Gasteiger partial charge in [0, 0.05) is 10.6 Å². The van der Waals surface area contributed by atoms with Crippen LogP contribution in [0.3, 0.4) is 0 Å². The normalized spacial score (nSPS) is 19.6. The third-order valence-electron chi connectivity index (χ3n) is 2.52. The van der Waals surface area contributed by atoms with Gasteiger partial charge in [-0.15, -0.1) is 11.8 Å². The van der Waals surface area contributed by atoms with Gasteiger partial charge in [-0.1, -0.05) is 18.2 Å². The molecule has 0 spiro atoms. The zero-order valence-corrected chi connectivity index (χ0v) is 9.57. The Bertz CT molecular complexity index is 433. The average Bonchev–Trinajstić information content (AvgIpc) is 2.28. The third-order valence-corrected chi connectivity index (χ3v) is 3.64. The van der Waals surface area contributed by atoms with Crippen molar-refractivity contribution in [3.63, 3.8) is 0 Å². The van der Waals surface area contributed by atoms with E-state index in [1.807, 2.05) is 17.4 Å². The maximum atomic E-state index is 12.2. The Morgan fingerprint density at radius 2 is 2.06 bits per heavy atom. The summed E-state index contributed by atoms with van der Waals surface area (Å²) in [5.41, 5.74) is 0.765. The lowest BCUT2D eigenvalue weighted by molar-refractivity contribution is -0.174. The molecule has 0 radical (unpaired) electrons. The fourth-order valence-corrected chi connectivity index (χ4v) is 2.86. The van der Waals surface area contributed by atoms with E-state index < -0.39 is 18.1 Å². The fraction of sp³-hybridized carbons (Fsp3) is 0.364. The average molecular weight is 261 g/mol. The first kappa shape index (κ1) is 12.3. The van der Waals surface area contributed by atoms with Gasteiger partial charge in [-0.2, -0.15) is 13.2 Å². The Hall–Kier alpha value is -1.17. The van der Waals surface area contributed by atoms with Crippen molar-refractivity contribution in [1.82, 2.24) is 5.32 Å². The molecule has 1 aliphatic heterocycles. The van der Waals surface area contributed by atoms with E-state index in [9.17, 15) is 18.0 Å². The molecule has 1 heterocycles. The molecule has 1 aromatic carbocycles. The molecule has 1 N–H and O–H groups in total. The molecule has 0 aromatic heterocycles. The first-order chi connectivity index (χ1) is 7.98. The Labute approximate surface area is 101 Å². The summed E-state index contributed by atoms with van der Waals surface area (Å²) >= 11 is 1.59. The summed E-state index contributed by atoms with van der Waals surface area (Å²) < 4.78 is 36.5. The highest BCUT2D eigenvalue weighted by molar-refractivity contribution is 7.99. The molecule has 6 heteroatoms. The van der Waals surface area contributed by atoms with Gasteiger partial charge < -0.3 is 5.32 Å². The van der Waals surface area contributed by atoms with Crippen LogP contribution < -0.4 is 5.32 Å². The Balaban J connectivity index is 2.17. The molecule has 1 atom stereocenters. The van der Waals surface area contributed by atoms with E-state index >= 15 is 0 Å². The maximum Gasteiger partial charge on any atom is 0.471 e. The number of halogens is 3. The van der Waals surface area contributed by atoms with Crippen molar-refractivity contribution in [2.45, 2.75) is 23.5 Å². The van der Waals surface area contributed by atoms with Gasteiger partial charge in [0.25, 0.3) is 0 Å². The zero-order valence-electron chi connectivity index (χ0n) is 8.75. The Morgan fingerprint density at radius 1 is 1.35 bits per heavy atom. The summed E-state index contributed by atoms with van der Waals surface area (Å²) in [5.74, 6) is -1.16. The number of hydrogen-bond acceptors (Lipinski definition) is 2. The number of benzene rings is 1. The molecule has 2 nitrogen and oxygen atoms in total. The first-order valence-electron chi connectivity index (χ1n) is 5.08. The molecule has 92 valence electrons. The van der Waals surface area contributed by atoms with Gasteiger partial charge in [-0.05, 0) is 18.1 Å². The van der Waals surface area contributed by atoms with Gasteiger partial charge >= 0.3 is 12.1 Å². The fourth-order valence-electron chi connectivity index (χ4n) is 1.73. The second-order valence-corrected chi connectivity index (χ2v) is 4.84. The molecule has 1 aliphatic rings. The summed E-state index contributed by atoms with van der Waals surface area (Å²) in [6.07, 6.45) is -4.30. The van der Waals surface area contributed by atoms with Crippen LogP contribution in [0.25, 0.3) is 0 Å². The van der Waals surface area contributed by atoms with Crippen LogP contribution in [-0.4, -0.2) is 17.8 Å². The number of carbonyl (C=O) groups is 1. The number of hydrogen-bond donors (Lipinski definition) is 1. The summed E-state index contributed by atoms with van der Waals surface area (Å²) in [4.78, 5) is 11.8. The quantitative estimate of drug-likeness (QED) is 0.842. The van der Waals surface area contributed by atoms with Gasteiger partial charge in [0.15, 0.2) is 0 Å². The first-order valence-corrected chi connectivity index (χ1v) is 6.06. The number of fused-ring (bicyclic) bond motifs is 1. The van der Waals surface area contributed by atoms with E-state index in [-0.39, 0.29) is 0 Å². The predicted octanol–water partition coefficient (Wildman–Crippen LogP) is 2.90. The van der Waals surface area contributed by atoms with Crippen molar-refractivity contribution < 1.29 is 18.0 Å². The summed E-state index contributed by atoms with van der Waals surface area (Å²) in [5, 5.41) is 2.04. The van der Waals surface area contributed by atoms with E-state index in [0.717, 1.165) is 10.5 Å². The third kappa shape index (κ3) is 2.74. The van der Waals surface area contributed by atoms with Crippen molar-refractivity contribution >= 4 is 17.7 Å². The van der Waals surface area contributed by atoms with Crippen LogP contribution in [0.15, 0.2) is 29.2 Å². The van der Waals surface area contributed by atoms with Crippen molar-refractivity contribution in [1.29, 1.82) is 0 Å². The number of nitrogens with one attached hydrogen (secondary N) is 1. The molecule has 0 saturated heterocycles. The highest BCUT2D eigenvalue weighted by atomic mass is 32.2. The lowest BCUT2D eigenvalue weighted by Gasteiger charge is -2.26. The molecular weight excluding hydrogens is 251 g/mol. The molecule has 0 saturated carbocycles. The van der Waals surface area contributed by atoms with Crippen LogP contribution in [0.2, 0.25) is 0 Å². The van der Waals surface area contributed by atoms with Crippen LogP contribution in [-0.2, 0) is 4.79 Å². The SMILES string of the molecule is O=C(NC1CCSc2ccccc21)C(F)(F)F. The Kier molecular flexibility index (Phi) is 3.33. The Morgan fingerprint density at radius 3 is 2.76 bits per heavy atom. The number of alkyl halides is 3. The molecule has 17 heavy (non-hydrogen) atoms. The van der Waals surface area contributed by atoms with Crippen molar-refractivity contribution in [3.05, 3.63) is 29.8 Å². The molecule has 0 bridgehead atoms. The molecule has 1 unspecified atom stereocenters. The van der Waals surface area contributed by atoms with E-state index in [1.165, 1.54) is 0 Å². The second kappa shape index (κ2) is 4.60. The topological polar surface area (TPSA) is 29.1 Å². The van der Waals surface area contributed by atoms with Gasteiger partial charge in [0.2, 0.25) is 0 Å². The number of thioether (sulfide) groups is 1. The molecule has 1 amide bonds. The molecule has 0 aliphatic carbocycles. The largest absolute Gasteiger partial charge is 0.471 e. The van der Waals surface area contributed by atoms with Crippen LogP contribution in [0.5, 0.6) is 0 Å². The molecular formula is C11H10F3NOS. The lowest BCUT2D eigenvalue weighted by Crippen LogP contribution is -2.40. The zero-order chi connectivity index (χ0) is 12.5. The maximum absolute atomic E-state index is 12.2. The van der Waals surface area contributed by atoms with Crippen LogP contribution in [0.1, 0.15) is 18.0 Å². The smallest absolute Gasteiger partial charge is 0.341 e. The summed E-state index contributed by atoms with van der Waals surface area (Å²) in [6.45, 7) is 0. The number of amides is 1. The number of rotatable bonds is 1. The van der Waals surface area contributed by atoms with Crippen LogP contribution in [0, 0.1) is 0 Å². The van der Waals surface area contributed by atoms with E-state index in [2.05, 4.69) is 0 Å². The van der Waals surface area contributed by atoms with E-state index in [4.69, 9.17) is 0 Å². The molecule has 2 rings (SSSR count). The van der Waals surface area contributed by atoms with Crippen LogP contribution in [0.4, 0.5) is 13.2 Å². The minimum atomic E-state index is -4.82. The predicted molar refractivity (Wildman–Crippen MR) is 58.7 cm³/mol. The second-order valence-electron chi connectivity index (χ2n) is 3.70. The monoisotopic (exact) mass is 261 g/mol. The summed E-state index contributed by atoms with van der Waals surface area (Å²) in [6, 6.07) is 6.66. The minimum Gasteiger partial charge on any atom is -0.341 e. The molecule has 0 fully saturated rings. The van der Waals surface area contributed by atoms with Crippen molar-refractivity contribution in [3.8, 4) is 0 Å². The van der Waals surface area contributed by atoms with E-state index in [1.54, 1.807) is 23.9 Å². The highest BCUT2D eigenvalue weighted by Gasteiger charge is 2.40. The minimum absolute atomic E-state index is 0.517. The van der Waals surface area contributed by atoms with Gasteiger partial charge in [-0.25, -0.2) is 0 Å². The van der Waals surface area contributed by atoms with Crippen molar-refractivity contribution in [2.75, 3.05) is 5.75 Å². The highest BCUT2D eigenvalue weighted by Crippen LogP contribution is 2.36. The van der Waals surface area contributed by atoms with E-state index in [0.29, 0.717) is 12.2 Å². The van der Waals surface area contributed by atoms with Gasteiger partial charge in [0.05, 0.1) is 6.04 Å². The lowest BCUT2D eigenvalue weighted by atomic mass is 10.0.